The van der Waals surface area contributed by atoms with Crippen LogP contribution in [-0.4, -0.2) is 49.6 Å². The van der Waals surface area contributed by atoms with E-state index in [1.807, 2.05) is 11.8 Å². The molecule has 0 aliphatic carbocycles. The molecule has 0 aliphatic heterocycles. The molecule has 0 atom stereocenters. The molecule has 0 aromatic carbocycles. The van der Waals surface area contributed by atoms with Crippen LogP contribution in [0.3, 0.4) is 0 Å². The average Bonchev–Trinajstić information content (AvgIpc) is 2.27. The van der Waals surface area contributed by atoms with Crippen molar-refractivity contribution >= 4 is 11.9 Å². The predicted molar refractivity (Wildman–Crippen MR) is 72.2 cm³/mol. The molecule has 0 bridgehead atoms. The fraction of sp³-hybridized carbons (Fsp3) is 0.833. The molecule has 0 unspecified atom stereocenters. The van der Waals surface area contributed by atoms with Crippen LogP contribution in [0.15, 0.2) is 0 Å². The third kappa shape index (κ3) is 7.24. The van der Waals surface area contributed by atoms with Gasteiger partial charge in [-0.3, -0.25) is 15.0 Å². The number of nitrogens with zero attached hydrogens (tertiary/aromatic N) is 1. The number of hydrogen-bond donors (Lipinski definition) is 3. The number of rotatable bonds is 7. The van der Waals surface area contributed by atoms with E-state index in [1.165, 1.54) is 0 Å². The molecule has 0 aliphatic rings. The van der Waals surface area contributed by atoms with Crippen molar-refractivity contribution in [2.24, 2.45) is 11.1 Å². The molecule has 106 valence electrons. The Morgan fingerprint density at radius 3 is 2.33 bits per heavy atom. The van der Waals surface area contributed by atoms with E-state index in [0.717, 1.165) is 13.1 Å². The van der Waals surface area contributed by atoms with Gasteiger partial charge in [0.2, 0.25) is 5.91 Å². The van der Waals surface area contributed by atoms with Gasteiger partial charge in [-0.15, -0.1) is 0 Å². The number of hydrogen-bond acceptors (Lipinski definition) is 4. The number of amides is 3. The summed E-state index contributed by atoms with van der Waals surface area (Å²) in [6.45, 7) is 10.6. The summed E-state index contributed by atoms with van der Waals surface area (Å²) < 4.78 is 0. The molecule has 6 nitrogen and oxygen atoms in total. The highest BCUT2D eigenvalue weighted by molar-refractivity contribution is 5.95. The molecule has 0 heterocycles. The maximum atomic E-state index is 11.6. The van der Waals surface area contributed by atoms with Gasteiger partial charge < -0.3 is 11.1 Å². The average molecular weight is 258 g/mol. The predicted octanol–water partition coefficient (Wildman–Crippen LogP) is 0.139. The zero-order chi connectivity index (χ0) is 14.2. The number of nitrogens with one attached hydrogen (secondary N) is 2. The second kappa shape index (κ2) is 8.05. The molecule has 0 rings (SSSR count). The molecule has 0 radical (unpaired) electrons. The normalized spacial score (nSPS) is 11.4. The summed E-state index contributed by atoms with van der Waals surface area (Å²) in [5, 5.41) is 4.81. The lowest BCUT2D eigenvalue weighted by atomic mass is 9.93. The summed E-state index contributed by atoms with van der Waals surface area (Å²) in [4.78, 5) is 24.8. The Balaban J connectivity index is 4.20. The molecule has 3 amide bonds. The summed E-state index contributed by atoms with van der Waals surface area (Å²) in [7, 11) is 0. The molecule has 0 aromatic rings. The zero-order valence-electron chi connectivity index (χ0n) is 11.9. The summed E-state index contributed by atoms with van der Waals surface area (Å²) >= 11 is 0. The van der Waals surface area contributed by atoms with Crippen molar-refractivity contribution in [3.63, 3.8) is 0 Å². The third-order valence-electron chi connectivity index (χ3n) is 2.61. The Kier molecular flexibility index (Phi) is 7.54. The van der Waals surface area contributed by atoms with Crippen molar-refractivity contribution in [3.8, 4) is 0 Å². The number of nitrogens with two attached hydrogens (primary N) is 1. The van der Waals surface area contributed by atoms with E-state index in [2.05, 4.69) is 24.5 Å². The number of carbonyl (C=O) groups excluding carboxylic acids is 2. The fourth-order valence-electron chi connectivity index (χ4n) is 1.52. The van der Waals surface area contributed by atoms with Gasteiger partial charge in [-0.25, -0.2) is 4.79 Å². The van der Waals surface area contributed by atoms with Crippen molar-refractivity contribution in [1.82, 2.24) is 15.5 Å². The molecule has 0 saturated carbocycles. The summed E-state index contributed by atoms with van der Waals surface area (Å²) in [5.74, 6) is -0.296. The van der Waals surface area contributed by atoms with Gasteiger partial charge in [0.15, 0.2) is 0 Å². The number of imide groups is 1. The van der Waals surface area contributed by atoms with Crippen LogP contribution in [0.25, 0.3) is 0 Å². The van der Waals surface area contributed by atoms with Gasteiger partial charge in [-0.05, 0) is 25.4 Å². The standard InChI is InChI=1S/C12H26N4O2/c1-5-14-11(18)15-10(17)7-16(6-2)9-12(3,4)8-13/h5-9,13H2,1-4H3,(H2,14,15,17,18). The SMILES string of the molecule is CCNC(=O)NC(=O)CN(CC)CC(C)(C)CN. The Bertz CT molecular complexity index is 279. The van der Waals surface area contributed by atoms with Crippen molar-refractivity contribution in [1.29, 1.82) is 0 Å². The second-order valence-electron chi connectivity index (χ2n) is 5.08. The van der Waals surface area contributed by atoms with Crippen molar-refractivity contribution < 1.29 is 9.59 Å². The monoisotopic (exact) mass is 258 g/mol. The minimum absolute atomic E-state index is 0.0397. The maximum Gasteiger partial charge on any atom is 0.321 e. The molecule has 0 saturated heterocycles. The quantitative estimate of drug-likeness (QED) is 0.606. The zero-order valence-corrected chi connectivity index (χ0v) is 11.9. The first kappa shape index (κ1) is 16.9. The van der Waals surface area contributed by atoms with E-state index in [9.17, 15) is 9.59 Å². The minimum Gasteiger partial charge on any atom is -0.338 e. The van der Waals surface area contributed by atoms with E-state index >= 15 is 0 Å². The molecule has 0 fully saturated rings. The van der Waals surface area contributed by atoms with Gasteiger partial charge >= 0.3 is 6.03 Å². The summed E-state index contributed by atoms with van der Waals surface area (Å²) in [5.41, 5.74) is 5.63. The van der Waals surface area contributed by atoms with Crippen LogP contribution in [0.4, 0.5) is 4.79 Å². The maximum absolute atomic E-state index is 11.6. The van der Waals surface area contributed by atoms with Crippen molar-refractivity contribution in [2.45, 2.75) is 27.7 Å². The first-order chi connectivity index (χ1) is 8.34. The van der Waals surface area contributed by atoms with E-state index in [4.69, 9.17) is 5.73 Å². The Hall–Kier alpha value is -1.14. The minimum atomic E-state index is -0.448. The largest absolute Gasteiger partial charge is 0.338 e. The van der Waals surface area contributed by atoms with Crippen molar-refractivity contribution in [3.05, 3.63) is 0 Å². The third-order valence-corrected chi connectivity index (χ3v) is 2.61. The molecular formula is C12H26N4O2. The van der Waals surface area contributed by atoms with Crippen LogP contribution < -0.4 is 16.4 Å². The van der Waals surface area contributed by atoms with Crippen LogP contribution >= 0.6 is 0 Å². The van der Waals surface area contributed by atoms with Gasteiger partial charge in [0.25, 0.3) is 0 Å². The second-order valence-corrected chi connectivity index (χ2v) is 5.08. The van der Waals surface area contributed by atoms with Gasteiger partial charge in [0.1, 0.15) is 0 Å². The van der Waals surface area contributed by atoms with Gasteiger partial charge in [-0.2, -0.15) is 0 Å². The highest BCUT2D eigenvalue weighted by atomic mass is 16.2. The van der Waals surface area contributed by atoms with Crippen LogP contribution in [0.1, 0.15) is 27.7 Å². The van der Waals surface area contributed by atoms with Gasteiger partial charge in [0, 0.05) is 13.1 Å². The Morgan fingerprint density at radius 1 is 1.28 bits per heavy atom. The molecule has 0 spiro atoms. The summed E-state index contributed by atoms with van der Waals surface area (Å²) in [6.07, 6.45) is 0. The van der Waals surface area contributed by atoms with E-state index in [-0.39, 0.29) is 17.9 Å². The van der Waals surface area contributed by atoms with Crippen LogP contribution in [0, 0.1) is 5.41 Å². The fourth-order valence-corrected chi connectivity index (χ4v) is 1.52. The molecule has 18 heavy (non-hydrogen) atoms. The van der Waals surface area contributed by atoms with Gasteiger partial charge in [0.05, 0.1) is 6.54 Å². The Labute approximate surface area is 109 Å². The molecule has 0 aromatic heterocycles. The molecular weight excluding hydrogens is 232 g/mol. The van der Waals surface area contributed by atoms with Gasteiger partial charge in [-0.1, -0.05) is 20.8 Å². The number of carbonyl (C=O) groups is 2. The highest BCUT2D eigenvalue weighted by Gasteiger charge is 2.21. The smallest absolute Gasteiger partial charge is 0.321 e. The van der Waals surface area contributed by atoms with E-state index in [0.29, 0.717) is 13.1 Å². The Morgan fingerprint density at radius 2 is 1.89 bits per heavy atom. The first-order valence-corrected chi connectivity index (χ1v) is 6.34. The van der Waals surface area contributed by atoms with Crippen LogP contribution in [0.5, 0.6) is 0 Å². The van der Waals surface area contributed by atoms with E-state index in [1.54, 1.807) is 6.92 Å². The topological polar surface area (TPSA) is 87.5 Å². The number of urea groups is 1. The lowest BCUT2D eigenvalue weighted by Gasteiger charge is -2.30. The number of likely N-dealkylation sites (N-methyl/N-ethyl adjacent to an activating group) is 1. The van der Waals surface area contributed by atoms with Crippen LogP contribution in [0.2, 0.25) is 0 Å². The lowest BCUT2D eigenvalue weighted by molar-refractivity contribution is -0.121. The molecule has 4 N–H and O–H groups in total. The summed E-state index contributed by atoms with van der Waals surface area (Å²) in [6, 6.07) is -0.448. The lowest BCUT2D eigenvalue weighted by Crippen LogP contribution is -2.47. The van der Waals surface area contributed by atoms with Crippen molar-refractivity contribution in [2.75, 3.05) is 32.7 Å². The first-order valence-electron chi connectivity index (χ1n) is 6.34. The van der Waals surface area contributed by atoms with Crippen LogP contribution in [-0.2, 0) is 4.79 Å². The highest BCUT2D eigenvalue weighted by Crippen LogP contribution is 2.14. The van der Waals surface area contributed by atoms with E-state index < -0.39 is 6.03 Å². The molecule has 6 heteroatoms.